The Hall–Kier alpha value is -1.85. The van der Waals surface area contributed by atoms with Crippen LogP contribution in [-0.4, -0.2) is 36.5 Å². The van der Waals surface area contributed by atoms with Crippen LogP contribution in [0.15, 0.2) is 12.4 Å². The molecule has 1 aromatic rings. The first-order valence-electron chi connectivity index (χ1n) is 4.70. The quantitative estimate of drug-likeness (QED) is 0.639. The molecule has 0 aliphatic rings. The minimum atomic E-state index is 0.00500. The summed E-state index contributed by atoms with van der Waals surface area (Å²) in [5.41, 5.74) is 0. The Labute approximate surface area is 88.5 Å². The van der Waals surface area contributed by atoms with E-state index >= 15 is 0 Å². The summed E-state index contributed by atoms with van der Waals surface area (Å²) in [5.74, 6) is 1.45. The maximum Gasteiger partial charge on any atom is 0.221 e. The van der Waals surface area contributed by atoms with Gasteiger partial charge in [0.05, 0.1) is 0 Å². The van der Waals surface area contributed by atoms with Gasteiger partial charge in [0, 0.05) is 33.1 Å². The van der Waals surface area contributed by atoms with Crippen LogP contribution in [0.3, 0.4) is 0 Å². The molecule has 0 radical (unpaired) electrons. The largest absolute Gasteiger partial charge is 0.373 e. The van der Waals surface area contributed by atoms with Crippen LogP contribution in [0.4, 0.5) is 11.6 Å². The van der Waals surface area contributed by atoms with Crippen molar-refractivity contribution in [2.75, 3.05) is 31.3 Å². The highest BCUT2D eigenvalue weighted by molar-refractivity contribution is 5.76. The second kappa shape index (κ2) is 5.79. The topological polar surface area (TPSA) is 78.9 Å². The molecule has 82 valence electrons. The number of amides is 1. The minimum Gasteiger partial charge on any atom is -0.373 e. The first-order chi connectivity index (χ1) is 7.26. The van der Waals surface area contributed by atoms with Crippen molar-refractivity contribution in [1.82, 2.24) is 15.3 Å². The van der Waals surface area contributed by atoms with Crippen molar-refractivity contribution < 1.29 is 4.79 Å². The monoisotopic (exact) mass is 209 g/mol. The lowest BCUT2D eigenvalue weighted by atomic mass is 10.4. The molecule has 0 saturated carbocycles. The lowest BCUT2D eigenvalue weighted by molar-refractivity contribution is -0.120. The molecule has 6 heteroatoms. The van der Waals surface area contributed by atoms with Crippen molar-refractivity contribution in [3.05, 3.63) is 12.4 Å². The maximum atomic E-state index is 10.9. The fourth-order valence-corrected chi connectivity index (χ4v) is 1.02. The molecular weight excluding hydrogens is 194 g/mol. The Bertz CT molecular complexity index is 328. The lowest BCUT2D eigenvalue weighted by Gasteiger charge is -2.05. The smallest absolute Gasteiger partial charge is 0.221 e. The van der Waals surface area contributed by atoms with Crippen LogP contribution in [0.2, 0.25) is 0 Å². The molecule has 3 N–H and O–H groups in total. The lowest BCUT2D eigenvalue weighted by Crippen LogP contribution is -2.21. The van der Waals surface area contributed by atoms with Gasteiger partial charge in [0.25, 0.3) is 0 Å². The first-order valence-corrected chi connectivity index (χ1v) is 4.70. The molecule has 0 aliphatic carbocycles. The third kappa shape index (κ3) is 3.80. The van der Waals surface area contributed by atoms with Crippen molar-refractivity contribution in [1.29, 1.82) is 0 Å². The van der Waals surface area contributed by atoms with Crippen molar-refractivity contribution in [3.8, 4) is 0 Å². The van der Waals surface area contributed by atoms with Gasteiger partial charge in [0.2, 0.25) is 5.91 Å². The van der Waals surface area contributed by atoms with E-state index in [1.165, 1.54) is 6.33 Å². The van der Waals surface area contributed by atoms with Crippen LogP contribution < -0.4 is 16.0 Å². The van der Waals surface area contributed by atoms with E-state index in [4.69, 9.17) is 0 Å². The van der Waals surface area contributed by atoms with E-state index in [0.717, 1.165) is 5.82 Å². The van der Waals surface area contributed by atoms with Crippen molar-refractivity contribution in [2.24, 2.45) is 0 Å². The zero-order valence-corrected chi connectivity index (χ0v) is 8.87. The number of carbonyl (C=O) groups is 1. The SMILES string of the molecule is CNC(=O)CCNc1cc(NC)ncn1. The number of rotatable bonds is 5. The van der Waals surface area contributed by atoms with E-state index in [-0.39, 0.29) is 5.91 Å². The molecule has 0 unspecified atom stereocenters. The van der Waals surface area contributed by atoms with Gasteiger partial charge in [0.15, 0.2) is 0 Å². The van der Waals surface area contributed by atoms with Crippen LogP contribution in [0.25, 0.3) is 0 Å². The summed E-state index contributed by atoms with van der Waals surface area (Å²) in [6, 6.07) is 1.78. The Balaban J connectivity index is 2.40. The molecule has 0 atom stereocenters. The van der Waals surface area contributed by atoms with E-state index in [1.54, 1.807) is 20.2 Å². The fourth-order valence-electron chi connectivity index (χ4n) is 1.02. The number of hydrogen-bond donors (Lipinski definition) is 3. The van der Waals surface area contributed by atoms with Crippen molar-refractivity contribution in [3.63, 3.8) is 0 Å². The molecule has 0 saturated heterocycles. The van der Waals surface area contributed by atoms with E-state index < -0.39 is 0 Å². The zero-order chi connectivity index (χ0) is 11.1. The summed E-state index contributed by atoms with van der Waals surface area (Å²) in [6.07, 6.45) is 1.89. The van der Waals surface area contributed by atoms with E-state index in [9.17, 15) is 4.79 Å². The maximum absolute atomic E-state index is 10.9. The van der Waals surface area contributed by atoms with Gasteiger partial charge in [-0.1, -0.05) is 0 Å². The zero-order valence-electron chi connectivity index (χ0n) is 8.87. The number of nitrogens with zero attached hydrogens (tertiary/aromatic N) is 2. The van der Waals surface area contributed by atoms with E-state index in [1.807, 2.05) is 0 Å². The Morgan fingerprint density at radius 2 is 2.07 bits per heavy atom. The molecule has 1 heterocycles. The Morgan fingerprint density at radius 3 is 2.73 bits per heavy atom. The number of hydrogen-bond acceptors (Lipinski definition) is 5. The molecule has 1 amide bonds. The van der Waals surface area contributed by atoms with Gasteiger partial charge in [0.1, 0.15) is 18.0 Å². The van der Waals surface area contributed by atoms with Gasteiger partial charge in [-0.2, -0.15) is 0 Å². The molecule has 15 heavy (non-hydrogen) atoms. The highest BCUT2D eigenvalue weighted by Crippen LogP contribution is 2.06. The minimum absolute atomic E-state index is 0.00500. The predicted molar refractivity (Wildman–Crippen MR) is 58.8 cm³/mol. The Kier molecular flexibility index (Phi) is 4.33. The Morgan fingerprint density at radius 1 is 1.33 bits per heavy atom. The summed E-state index contributed by atoms with van der Waals surface area (Å²) in [6.45, 7) is 0.555. The molecule has 6 nitrogen and oxygen atoms in total. The summed E-state index contributed by atoms with van der Waals surface area (Å²) in [4.78, 5) is 18.9. The summed E-state index contributed by atoms with van der Waals surface area (Å²) in [7, 11) is 3.41. The van der Waals surface area contributed by atoms with Crippen molar-refractivity contribution in [2.45, 2.75) is 6.42 Å². The predicted octanol–water partition coefficient (Wildman–Crippen LogP) is 0.0663. The second-order valence-corrected chi connectivity index (χ2v) is 2.89. The number of carbonyl (C=O) groups excluding carboxylic acids is 1. The molecule has 0 bridgehead atoms. The number of nitrogens with one attached hydrogen (secondary N) is 3. The molecule has 0 aliphatic heterocycles. The standard InChI is InChI=1S/C9H15N5O/c1-10-7-5-8(14-6-13-7)12-4-3-9(15)11-2/h5-6H,3-4H2,1-2H3,(H,11,15)(H2,10,12,13,14). The molecular formula is C9H15N5O. The van der Waals surface area contributed by atoms with Gasteiger partial charge in [-0.25, -0.2) is 9.97 Å². The highest BCUT2D eigenvalue weighted by atomic mass is 16.1. The van der Waals surface area contributed by atoms with Gasteiger partial charge in [-0.3, -0.25) is 4.79 Å². The summed E-state index contributed by atoms with van der Waals surface area (Å²) >= 11 is 0. The van der Waals surface area contributed by atoms with Gasteiger partial charge >= 0.3 is 0 Å². The average molecular weight is 209 g/mol. The fraction of sp³-hybridized carbons (Fsp3) is 0.444. The van der Waals surface area contributed by atoms with Crippen LogP contribution in [-0.2, 0) is 4.79 Å². The van der Waals surface area contributed by atoms with Crippen LogP contribution in [0.1, 0.15) is 6.42 Å². The molecule has 1 rings (SSSR count). The third-order valence-corrected chi connectivity index (χ3v) is 1.86. The van der Waals surface area contributed by atoms with E-state index in [0.29, 0.717) is 18.8 Å². The first kappa shape index (κ1) is 11.2. The van der Waals surface area contributed by atoms with Crippen LogP contribution >= 0.6 is 0 Å². The van der Waals surface area contributed by atoms with Crippen LogP contribution in [0.5, 0.6) is 0 Å². The molecule has 0 aromatic carbocycles. The van der Waals surface area contributed by atoms with Crippen LogP contribution in [0, 0.1) is 0 Å². The van der Waals surface area contributed by atoms with Crippen molar-refractivity contribution >= 4 is 17.5 Å². The highest BCUT2D eigenvalue weighted by Gasteiger charge is 1.99. The van der Waals surface area contributed by atoms with E-state index in [2.05, 4.69) is 25.9 Å². The number of anilines is 2. The van der Waals surface area contributed by atoms with Gasteiger partial charge in [-0.05, 0) is 0 Å². The molecule has 0 spiro atoms. The summed E-state index contributed by atoms with van der Waals surface area (Å²) < 4.78 is 0. The number of aromatic nitrogens is 2. The molecule has 0 fully saturated rings. The third-order valence-electron chi connectivity index (χ3n) is 1.86. The second-order valence-electron chi connectivity index (χ2n) is 2.89. The average Bonchev–Trinajstić information content (AvgIpc) is 2.29. The van der Waals surface area contributed by atoms with Gasteiger partial charge < -0.3 is 16.0 Å². The molecule has 1 aromatic heterocycles. The normalized spacial score (nSPS) is 9.47. The van der Waals surface area contributed by atoms with Gasteiger partial charge in [-0.15, -0.1) is 0 Å². The summed E-state index contributed by atoms with van der Waals surface area (Å²) in [5, 5.41) is 8.49.